The van der Waals surface area contributed by atoms with Gasteiger partial charge in [0, 0.05) is 12.8 Å². The zero-order chi connectivity index (χ0) is 10.7. The average Bonchev–Trinajstić information content (AvgIpc) is 2.47. The van der Waals surface area contributed by atoms with E-state index in [4.69, 9.17) is 9.57 Å². The van der Waals surface area contributed by atoms with Crippen molar-refractivity contribution in [2.75, 3.05) is 26.1 Å². The van der Waals surface area contributed by atoms with Crippen molar-refractivity contribution in [1.82, 2.24) is 5.06 Å². The third-order valence-corrected chi connectivity index (χ3v) is 2.64. The van der Waals surface area contributed by atoms with Crippen molar-refractivity contribution in [3.05, 3.63) is 29.8 Å². The Labute approximate surface area is 89.7 Å². The van der Waals surface area contributed by atoms with Crippen molar-refractivity contribution in [1.29, 1.82) is 0 Å². The van der Waals surface area contributed by atoms with Gasteiger partial charge in [-0.3, -0.25) is 4.84 Å². The van der Waals surface area contributed by atoms with Gasteiger partial charge >= 0.3 is 0 Å². The van der Waals surface area contributed by atoms with E-state index in [0.717, 1.165) is 18.8 Å². The number of hydrogen-bond acceptors (Lipinski definition) is 4. The molecule has 0 aromatic heterocycles. The van der Waals surface area contributed by atoms with Crippen LogP contribution in [0.2, 0.25) is 0 Å². The van der Waals surface area contributed by atoms with Crippen LogP contribution in [-0.2, 0) is 16.1 Å². The molecule has 0 amide bonds. The third-order valence-electron chi connectivity index (χ3n) is 2.64. The summed E-state index contributed by atoms with van der Waals surface area (Å²) >= 11 is 0. The first-order valence-electron chi connectivity index (χ1n) is 5.00. The fourth-order valence-electron chi connectivity index (χ4n) is 1.78. The molecule has 0 fully saturated rings. The molecule has 1 aromatic rings. The monoisotopic (exact) mass is 208 g/mol. The predicted molar refractivity (Wildman–Crippen MR) is 58.3 cm³/mol. The van der Waals surface area contributed by atoms with Gasteiger partial charge < -0.3 is 10.1 Å². The minimum Gasteiger partial charge on any atom is -0.381 e. The van der Waals surface area contributed by atoms with Crippen molar-refractivity contribution in [3.8, 4) is 0 Å². The highest BCUT2D eigenvalue weighted by molar-refractivity contribution is 5.51. The molecule has 2 rings (SSSR count). The topological polar surface area (TPSA) is 33.7 Å². The summed E-state index contributed by atoms with van der Waals surface area (Å²) in [5.41, 5.74) is 2.37. The summed E-state index contributed by atoms with van der Waals surface area (Å²) in [6.45, 7) is 1.46. The molecule has 4 heteroatoms. The lowest BCUT2D eigenvalue weighted by atomic mass is 10.2. The van der Waals surface area contributed by atoms with Gasteiger partial charge in [0.05, 0.1) is 20.2 Å². The standard InChI is InChI=1S/C11H16N2O2/c1-14-11-7-12-10-6-4-3-5-9(10)8-13(11)15-2/h3-6,11-12H,7-8H2,1-2H3. The van der Waals surface area contributed by atoms with E-state index in [2.05, 4.69) is 17.4 Å². The second-order valence-corrected chi connectivity index (χ2v) is 3.49. The van der Waals surface area contributed by atoms with E-state index in [0.29, 0.717) is 0 Å². The van der Waals surface area contributed by atoms with Crippen LogP contribution in [0.5, 0.6) is 0 Å². The van der Waals surface area contributed by atoms with Crippen molar-refractivity contribution >= 4 is 5.69 Å². The molecule has 0 saturated heterocycles. The Morgan fingerprint density at radius 3 is 2.87 bits per heavy atom. The Bertz CT molecular complexity index is 330. The molecule has 0 spiro atoms. The number of rotatable bonds is 2. The lowest BCUT2D eigenvalue weighted by Crippen LogP contribution is -2.38. The van der Waals surface area contributed by atoms with Crippen molar-refractivity contribution in [2.45, 2.75) is 12.8 Å². The second-order valence-electron chi connectivity index (χ2n) is 3.49. The molecule has 1 atom stereocenters. The summed E-state index contributed by atoms with van der Waals surface area (Å²) in [6.07, 6.45) is -0.0533. The molecule has 4 nitrogen and oxygen atoms in total. The molecule has 0 aliphatic carbocycles. The van der Waals surface area contributed by atoms with Crippen LogP contribution < -0.4 is 5.32 Å². The second kappa shape index (κ2) is 4.61. The molecule has 0 radical (unpaired) electrons. The van der Waals surface area contributed by atoms with E-state index in [1.807, 2.05) is 17.2 Å². The van der Waals surface area contributed by atoms with Crippen LogP contribution >= 0.6 is 0 Å². The number of fused-ring (bicyclic) bond motifs is 1. The van der Waals surface area contributed by atoms with Gasteiger partial charge in [0.15, 0.2) is 0 Å². The first kappa shape index (κ1) is 10.4. The number of hydroxylamine groups is 2. The van der Waals surface area contributed by atoms with Crippen LogP contribution in [0.15, 0.2) is 24.3 Å². The van der Waals surface area contributed by atoms with E-state index < -0.39 is 0 Å². The molecule has 1 unspecified atom stereocenters. The fourth-order valence-corrected chi connectivity index (χ4v) is 1.78. The van der Waals surface area contributed by atoms with Crippen LogP contribution in [0.1, 0.15) is 5.56 Å². The summed E-state index contributed by atoms with van der Waals surface area (Å²) in [5, 5.41) is 5.18. The van der Waals surface area contributed by atoms with Crippen LogP contribution in [0.4, 0.5) is 5.69 Å². The van der Waals surface area contributed by atoms with Crippen molar-refractivity contribution < 1.29 is 9.57 Å². The highest BCUT2D eigenvalue weighted by atomic mass is 16.7. The summed E-state index contributed by atoms with van der Waals surface area (Å²) in [7, 11) is 3.36. The van der Waals surface area contributed by atoms with E-state index in [-0.39, 0.29) is 6.23 Å². The van der Waals surface area contributed by atoms with E-state index in [1.165, 1.54) is 5.56 Å². The molecule has 82 valence electrons. The highest BCUT2D eigenvalue weighted by Gasteiger charge is 2.22. The summed E-state index contributed by atoms with van der Waals surface area (Å²) < 4.78 is 5.34. The lowest BCUT2D eigenvalue weighted by molar-refractivity contribution is -0.229. The van der Waals surface area contributed by atoms with Crippen LogP contribution in [0, 0.1) is 0 Å². The number of benzene rings is 1. The van der Waals surface area contributed by atoms with Crippen LogP contribution in [0.3, 0.4) is 0 Å². The third kappa shape index (κ3) is 2.12. The number of anilines is 1. The first-order valence-corrected chi connectivity index (χ1v) is 5.00. The van der Waals surface area contributed by atoms with Gasteiger partial charge in [0.25, 0.3) is 0 Å². The predicted octanol–water partition coefficient (Wildman–Crippen LogP) is 1.45. The Kier molecular flexibility index (Phi) is 3.20. The SMILES string of the molecule is COC1CNc2ccccc2CN1OC. The van der Waals surface area contributed by atoms with Gasteiger partial charge in [-0.05, 0) is 11.6 Å². The number of nitrogens with one attached hydrogen (secondary N) is 1. The highest BCUT2D eigenvalue weighted by Crippen LogP contribution is 2.22. The molecule has 1 N–H and O–H groups in total. The maximum atomic E-state index is 5.34. The minimum absolute atomic E-state index is 0.0533. The van der Waals surface area contributed by atoms with Gasteiger partial charge in [-0.2, -0.15) is 5.06 Å². The molecule has 0 saturated carbocycles. The number of methoxy groups -OCH3 is 1. The van der Waals surface area contributed by atoms with E-state index in [9.17, 15) is 0 Å². The number of hydrogen-bond donors (Lipinski definition) is 1. The van der Waals surface area contributed by atoms with E-state index >= 15 is 0 Å². The van der Waals surface area contributed by atoms with Gasteiger partial charge in [-0.15, -0.1) is 0 Å². The van der Waals surface area contributed by atoms with Crippen LogP contribution in [0.25, 0.3) is 0 Å². The zero-order valence-electron chi connectivity index (χ0n) is 9.06. The average molecular weight is 208 g/mol. The summed E-state index contributed by atoms with van der Waals surface area (Å²) in [5.74, 6) is 0. The summed E-state index contributed by atoms with van der Waals surface area (Å²) in [6, 6.07) is 8.21. The van der Waals surface area contributed by atoms with Crippen LogP contribution in [-0.4, -0.2) is 32.1 Å². The van der Waals surface area contributed by atoms with Gasteiger partial charge in [0.1, 0.15) is 6.23 Å². The largest absolute Gasteiger partial charge is 0.381 e. The maximum Gasteiger partial charge on any atom is 0.150 e. The Morgan fingerprint density at radius 2 is 2.13 bits per heavy atom. The number of nitrogens with zero attached hydrogens (tertiary/aromatic N) is 1. The Hall–Kier alpha value is -1.10. The molecule has 15 heavy (non-hydrogen) atoms. The Morgan fingerprint density at radius 1 is 1.33 bits per heavy atom. The molecular formula is C11H16N2O2. The fraction of sp³-hybridized carbons (Fsp3) is 0.455. The molecular weight excluding hydrogens is 192 g/mol. The van der Waals surface area contributed by atoms with Gasteiger partial charge in [-0.25, -0.2) is 0 Å². The molecule has 0 bridgehead atoms. The maximum absolute atomic E-state index is 5.34. The zero-order valence-corrected chi connectivity index (χ0v) is 9.06. The number of para-hydroxylation sites is 1. The first-order chi connectivity index (χ1) is 7.35. The summed E-state index contributed by atoms with van der Waals surface area (Å²) in [4.78, 5) is 5.30. The van der Waals surface area contributed by atoms with E-state index in [1.54, 1.807) is 14.2 Å². The van der Waals surface area contributed by atoms with Crippen molar-refractivity contribution in [3.63, 3.8) is 0 Å². The number of ether oxygens (including phenoxy) is 1. The Balaban J connectivity index is 2.23. The molecule has 1 aliphatic rings. The lowest BCUT2D eigenvalue weighted by Gasteiger charge is -2.25. The normalized spacial score (nSPS) is 21.6. The minimum atomic E-state index is -0.0533. The molecule has 1 aliphatic heterocycles. The van der Waals surface area contributed by atoms with Gasteiger partial charge in [0.2, 0.25) is 0 Å². The van der Waals surface area contributed by atoms with Gasteiger partial charge in [-0.1, -0.05) is 18.2 Å². The molecule has 1 aromatic carbocycles. The molecule has 1 heterocycles. The smallest absolute Gasteiger partial charge is 0.150 e. The van der Waals surface area contributed by atoms with Crippen molar-refractivity contribution in [2.24, 2.45) is 0 Å². The quantitative estimate of drug-likeness (QED) is 0.797.